The summed E-state index contributed by atoms with van der Waals surface area (Å²) < 4.78 is 40.0. The lowest BCUT2D eigenvalue weighted by Gasteiger charge is -2.10. The normalized spacial score (nSPS) is 12.2. The molecular weight excluding hydrogens is 257 g/mol. The Bertz CT molecular complexity index is 590. The van der Waals surface area contributed by atoms with E-state index in [0.717, 1.165) is 6.07 Å². The Balaban J connectivity index is 2.34. The predicted molar refractivity (Wildman–Crippen MR) is 62.8 cm³/mol. The average molecular weight is 266 g/mol. The van der Waals surface area contributed by atoms with Crippen LogP contribution in [0.4, 0.5) is 13.2 Å². The zero-order valence-electron chi connectivity index (χ0n) is 9.69. The molecule has 1 aromatic heterocycles. The van der Waals surface area contributed by atoms with Crippen molar-refractivity contribution in [2.24, 2.45) is 5.18 Å². The molecule has 1 aromatic carbocycles. The second-order valence-electron chi connectivity index (χ2n) is 3.90. The van der Waals surface area contributed by atoms with Gasteiger partial charge >= 0.3 is 0 Å². The number of aromatic nitrogens is 1. The van der Waals surface area contributed by atoms with E-state index in [9.17, 15) is 18.1 Å². The predicted octanol–water partition coefficient (Wildman–Crippen LogP) is 3.55. The highest BCUT2D eigenvalue weighted by molar-refractivity contribution is 5.24. The highest BCUT2D eigenvalue weighted by Gasteiger charge is 2.21. The molecule has 0 bridgehead atoms. The number of halogens is 3. The number of nitrogens with zero attached hydrogens (tertiary/aromatic N) is 2. The summed E-state index contributed by atoms with van der Waals surface area (Å²) in [6, 6.07) is 5.22. The van der Waals surface area contributed by atoms with Crippen LogP contribution >= 0.6 is 0 Å². The van der Waals surface area contributed by atoms with Crippen molar-refractivity contribution in [2.75, 3.05) is 0 Å². The third-order valence-electron chi connectivity index (χ3n) is 2.69. The molecule has 3 nitrogen and oxygen atoms in total. The second-order valence-corrected chi connectivity index (χ2v) is 3.90. The van der Waals surface area contributed by atoms with Crippen molar-refractivity contribution >= 4 is 0 Å². The highest BCUT2D eigenvalue weighted by Crippen LogP contribution is 2.25. The van der Waals surface area contributed by atoms with E-state index in [-0.39, 0.29) is 12.1 Å². The van der Waals surface area contributed by atoms with Crippen molar-refractivity contribution in [3.05, 3.63) is 70.1 Å². The fourth-order valence-electron chi connectivity index (χ4n) is 1.72. The molecule has 0 saturated heterocycles. The van der Waals surface area contributed by atoms with Crippen LogP contribution in [0, 0.1) is 22.4 Å². The Morgan fingerprint density at radius 3 is 2.47 bits per heavy atom. The van der Waals surface area contributed by atoms with Crippen LogP contribution in [0.15, 0.2) is 41.7 Å². The van der Waals surface area contributed by atoms with Crippen molar-refractivity contribution in [2.45, 2.75) is 12.5 Å². The van der Waals surface area contributed by atoms with E-state index in [1.165, 1.54) is 12.3 Å². The zero-order valence-corrected chi connectivity index (χ0v) is 9.69. The third kappa shape index (κ3) is 2.78. The fraction of sp³-hybridized carbons (Fsp3) is 0.154. The Morgan fingerprint density at radius 1 is 1.11 bits per heavy atom. The number of pyridine rings is 1. The van der Waals surface area contributed by atoms with Crippen molar-refractivity contribution in [1.29, 1.82) is 0 Å². The molecule has 19 heavy (non-hydrogen) atoms. The van der Waals surface area contributed by atoms with Gasteiger partial charge < -0.3 is 0 Å². The smallest absolute Gasteiger partial charge is 0.165 e. The van der Waals surface area contributed by atoms with Crippen LogP contribution < -0.4 is 0 Å². The van der Waals surface area contributed by atoms with Crippen LogP contribution in [-0.2, 0) is 6.42 Å². The molecule has 0 N–H and O–H groups in total. The van der Waals surface area contributed by atoms with Crippen molar-refractivity contribution in [3.63, 3.8) is 0 Å². The Morgan fingerprint density at radius 2 is 1.84 bits per heavy atom. The summed E-state index contributed by atoms with van der Waals surface area (Å²) in [6.45, 7) is 0. The molecule has 0 radical (unpaired) electrons. The van der Waals surface area contributed by atoms with Gasteiger partial charge in [0.1, 0.15) is 11.9 Å². The molecule has 98 valence electrons. The molecule has 0 saturated carbocycles. The van der Waals surface area contributed by atoms with E-state index < -0.39 is 29.1 Å². The second kappa shape index (κ2) is 5.60. The maximum absolute atomic E-state index is 13.5. The maximum Gasteiger partial charge on any atom is 0.165 e. The van der Waals surface area contributed by atoms with E-state index in [4.69, 9.17) is 0 Å². The van der Waals surface area contributed by atoms with Gasteiger partial charge in [0.15, 0.2) is 11.6 Å². The largest absolute Gasteiger partial charge is 0.259 e. The molecule has 1 unspecified atom stereocenters. The monoisotopic (exact) mass is 266 g/mol. The lowest BCUT2D eigenvalue weighted by Crippen LogP contribution is -2.07. The van der Waals surface area contributed by atoms with E-state index in [2.05, 4.69) is 10.2 Å². The number of hydrogen-bond donors (Lipinski definition) is 0. The number of nitroso groups, excluding NO2 is 1. The zero-order chi connectivity index (χ0) is 13.8. The first kappa shape index (κ1) is 13.2. The first-order chi connectivity index (χ1) is 9.13. The summed E-state index contributed by atoms with van der Waals surface area (Å²) in [7, 11) is 0. The lowest BCUT2D eigenvalue weighted by atomic mass is 10.0. The first-order valence-corrected chi connectivity index (χ1v) is 5.49. The van der Waals surface area contributed by atoms with Gasteiger partial charge in [0.25, 0.3) is 0 Å². The molecule has 1 heterocycles. The minimum Gasteiger partial charge on any atom is -0.259 e. The maximum atomic E-state index is 13.5. The summed E-state index contributed by atoms with van der Waals surface area (Å²) in [6.07, 6.45) is 1.06. The molecule has 2 rings (SSSR count). The van der Waals surface area contributed by atoms with Crippen LogP contribution in [-0.4, -0.2) is 4.98 Å². The number of rotatable bonds is 4. The summed E-state index contributed by atoms with van der Waals surface area (Å²) >= 11 is 0. The summed E-state index contributed by atoms with van der Waals surface area (Å²) in [5.41, 5.74) is -0.226. The lowest BCUT2D eigenvalue weighted by molar-refractivity contribution is 0.472. The fourth-order valence-corrected chi connectivity index (χ4v) is 1.72. The van der Waals surface area contributed by atoms with Gasteiger partial charge in [-0.1, -0.05) is 11.2 Å². The molecular formula is C13H9F3N2O. The summed E-state index contributed by atoms with van der Waals surface area (Å²) in [5, 5.41) is 2.80. The van der Waals surface area contributed by atoms with E-state index >= 15 is 0 Å². The van der Waals surface area contributed by atoms with Crippen molar-refractivity contribution < 1.29 is 13.2 Å². The molecule has 0 aliphatic rings. The summed E-state index contributed by atoms with van der Waals surface area (Å²) in [4.78, 5) is 14.7. The van der Waals surface area contributed by atoms with Gasteiger partial charge in [0, 0.05) is 18.2 Å². The van der Waals surface area contributed by atoms with Gasteiger partial charge in [0.2, 0.25) is 0 Å². The minimum absolute atomic E-state index is 0.278. The van der Waals surface area contributed by atoms with Crippen LogP contribution in [0.25, 0.3) is 0 Å². The molecule has 6 heteroatoms. The standard InChI is InChI=1S/C13H9F3N2O/c14-9-4-5-10(15)13(16)8(9)7-12(18-19)11-3-1-2-6-17-11/h1-6,12H,7H2. The quantitative estimate of drug-likeness (QED) is 0.627. The molecule has 0 amide bonds. The van der Waals surface area contributed by atoms with E-state index in [0.29, 0.717) is 6.07 Å². The third-order valence-corrected chi connectivity index (χ3v) is 2.69. The average Bonchev–Trinajstić information content (AvgIpc) is 2.44. The molecule has 0 aliphatic carbocycles. The Kier molecular flexibility index (Phi) is 3.89. The van der Waals surface area contributed by atoms with Crippen molar-refractivity contribution in [1.82, 2.24) is 4.98 Å². The van der Waals surface area contributed by atoms with Crippen LogP contribution in [0.3, 0.4) is 0 Å². The molecule has 1 atom stereocenters. The van der Waals surface area contributed by atoms with Gasteiger partial charge in [-0.2, -0.15) is 4.91 Å². The molecule has 0 spiro atoms. The van der Waals surface area contributed by atoms with Crippen molar-refractivity contribution in [3.8, 4) is 0 Å². The molecule has 2 aromatic rings. The summed E-state index contributed by atoms with van der Waals surface area (Å²) in [5.74, 6) is -3.38. The van der Waals surface area contributed by atoms with Gasteiger partial charge in [0.05, 0.1) is 5.69 Å². The first-order valence-electron chi connectivity index (χ1n) is 5.49. The molecule has 0 aliphatic heterocycles. The highest BCUT2D eigenvalue weighted by atomic mass is 19.2. The SMILES string of the molecule is O=NC(Cc1c(F)ccc(F)c1F)c1ccccn1. The number of benzene rings is 1. The van der Waals surface area contributed by atoms with Crippen LogP contribution in [0.5, 0.6) is 0 Å². The van der Waals surface area contributed by atoms with Gasteiger partial charge in [-0.15, -0.1) is 0 Å². The minimum atomic E-state index is -1.30. The van der Waals surface area contributed by atoms with Gasteiger partial charge in [-0.3, -0.25) is 4.98 Å². The van der Waals surface area contributed by atoms with Crippen LogP contribution in [0.2, 0.25) is 0 Å². The number of hydrogen-bond acceptors (Lipinski definition) is 3. The topological polar surface area (TPSA) is 42.3 Å². The molecule has 0 fully saturated rings. The van der Waals surface area contributed by atoms with Crippen LogP contribution in [0.1, 0.15) is 17.3 Å². The van der Waals surface area contributed by atoms with Gasteiger partial charge in [-0.05, 0) is 24.3 Å². The van der Waals surface area contributed by atoms with Gasteiger partial charge in [-0.25, -0.2) is 13.2 Å². The van der Waals surface area contributed by atoms with E-state index in [1.54, 1.807) is 12.1 Å². The Hall–Kier alpha value is -2.24. The van der Waals surface area contributed by atoms with E-state index in [1.807, 2.05) is 0 Å². The Labute approximate surface area is 107 Å².